The van der Waals surface area contributed by atoms with E-state index in [1.54, 1.807) is 0 Å². The number of hydrogen-bond acceptors (Lipinski definition) is 2. The van der Waals surface area contributed by atoms with Gasteiger partial charge in [0, 0.05) is 13.1 Å². The van der Waals surface area contributed by atoms with Gasteiger partial charge in [-0.1, -0.05) is 167 Å². The van der Waals surface area contributed by atoms with Gasteiger partial charge in [-0.2, -0.15) is 0 Å². The van der Waals surface area contributed by atoms with Crippen LogP contribution in [0.3, 0.4) is 0 Å². The molecule has 0 rings (SSSR count). The summed E-state index contributed by atoms with van der Waals surface area (Å²) in [5.74, 6) is -0.0803. The fourth-order valence-electron chi connectivity index (χ4n) is 6.20. The minimum absolute atomic E-state index is 0.0533. The number of nitrogens with one attached hydrogen (secondary N) is 1. The minimum atomic E-state index is -0.333. The van der Waals surface area contributed by atoms with Crippen molar-refractivity contribution in [2.75, 3.05) is 26.2 Å². The van der Waals surface area contributed by atoms with E-state index in [0.29, 0.717) is 13.0 Å². The number of carbonyl (C=O) groups is 2. The molecule has 0 bridgehead atoms. The summed E-state index contributed by atoms with van der Waals surface area (Å²) in [6, 6.07) is -0.333. The van der Waals surface area contributed by atoms with Gasteiger partial charge >= 0.3 is 0 Å². The van der Waals surface area contributed by atoms with Crippen LogP contribution in [0.5, 0.6) is 0 Å². The van der Waals surface area contributed by atoms with Gasteiger partial charge in [-0.25, -0.2) is 0 Å². The molecule has 0 saturated carbocycles. The molecule has 0 heterocycles. The van der Waals surface area contributed by atoms with Crippen LogP contribution >= 0.6 is 0 Å². The topological polar surface area (TPSA) is 105 Å². The quantitative estimate of drug-likeness (QED) is 0.0466. The van der Waals surface area contributed by atoms with Gasteiger partial charge in [0.1, 0.15) is 0 Å². The lowest BCUT2D eigenvalue weighted by Gasteiger charge is -2.23. The molecular weight excluding hydrogens is 568 g/mol. The Morgan fingerprint density at radius 1 is 0.565 bits per heavy atom. The summed E-state index contributed by atoms with van der Waals surface area (Å²) in [5, 5.41) is 2.83. The Bertz CT molecular complexity index is 684. The number of hydrogen-bond donors (Lipinski definition) is 3. The lowest BCUT2D eigenvalue weighted by Crippen LogP contribution is -2.70. The Morgan fingerprint density at radius 3 is 1.28 bits per heavy atom. The molecule has 6 nitrogen and oxygen atoms in total. The van der Waals surface area contributed by atoms with E-state index in [1.807, 2.05) is 4.90 Å². The van der Waals surface area contributed by atoms with Gasteiger partial charge in [0.25, 0.3) is 5.91 Å². The number of carbonyl (C=O) groups excluding carboxylic acids is 2. The maximum Gasteiger partial charge on any atom is 0.278 e. The highest BCUT2D eigenvalue weighted by molar-refractivity contribution is 5.86. The first-order chi connectivity index (χ1) is 22.6. The van der Waals surface area contributed by atoms with E-state index in [2.05, 4.69) is 42.8 Å². The van der Waals surface area contributed by atoms with Gasteiger partial charge in [0.2, 0.25) is 5.91 Å². The molecule has 0 aromatic carbocycles. The molecule has 0 saturated heterocycles. The lowest BCUT2D eigenvalue weighted by atomic mass is 10.0. The number of rotatable bonds is 36. The Hall–Kier alpha value is -1.40. The van der Waals surface area contributed by atoms with Crippen LogP contribution in [0.1, 0.15) is 200 Å². The third-order valence-electron chi connectivity index (χ3n) is 9.41. The fourth-order valence-corrected chi connectivity index (χ4v) is 6.20. The summed E-state index contributed by atoms with van der Waals surface area (Å²) >= 11 is 0. The Labute approximate surface area is 287 Å². The zero-order chi connectivity index (χ0) is 33.8. The molecule has 46 heavy (non-hydrogen) atoms. The second-order valence-electron chi connectivity index (χ2n) is 14.0. The van der Waals surface area contributed by atoms with Crippen LogP contribution in [0, 0.1) is 0 Å². The monoisotopic (exact) mass is 651 g/mol. The van der Waals surface area contributed by atoms with Gasteiger partial charge in [0.15, 0.2) is 6.04 Å². The van der Waals surface area contributed by atoms with Gasteiger partial charge < -0.3 is 21.7 Å². The summed E-state index contributed by atoms with van der Waals surface area (Å²) in [4.78, 5) is 27.4. The van der Waals surface area contributed by atoms with E-state index in [9.17, 15) is 9.59 Å². The van der Waals surface area contributed by atoms with Gasteiger partial charge in [-0.05, 0) is 38.5 Å². The summed E-state index contributed by atoms with van der Waals surface area (Å²) in [5.41, 5.74) is 7.73. The summed E-state index contributed by atoms with van der Waals surface area (Å²) in [6.45, 7) is 6.94. The normalized spacial score (nSPS) is 12.2. The second-order valence-corrected chi connectivity index (χ2v) is 14.0. The predicted octanol–water partition coefficient (Wildman–Crippen LogP) is 8.69. The molecule has 1 atom stereocenters. The molecule has 7 N–H and O–H groups in total. The van der Waals surface area contributed by atoms with Gasteiger partial charge in [0.05, 0.1) is 19.5 Å². The molecular formula is C40H82N4O2+2. The van der Waals surface area contributed by atoms with Crippen LogP contribution in [0.25, 0.3) is 0 Å². The van der Waals surface area contributed by atoms with Crippen molar-refractivity contribution in [1.29, 1.82) is 0 Å². The average Bonchev–Trinajstić information content (AvgIpc) is 3.06. The Balaban J connectivity index is 4.12. The largest absolute Gasteiger partial charge is 0.357 e. The van der Waals surface area contributed by atoms with Crippen molar-refractivity contribution in [1.82, 2.24) is 10.2 Å². The third-order valence-corrected chi connectivity index (χ3v) is 9.41. The highest BCUT2D eigenvalue weighted by Gasteiger charge is 2.19. The Kier molecular flexibility index (Phi) is 35.3. The first-order valence-corrected chi connectivity index (χ1v) is 20.4. The van der Waals surface area contributed by atoms with Crippen LogP contribution in [-0.2, 0) is 9.59 Å². The van der Waals surface area contributed by atoms with Crippen LogP contribution in [0.2, 0.25) is 0 Å². The second kappa shape index (κ2) is 36.4. The molecule has 1 unspecified atom stereocenters. The molecule has 0 spiro atoms. The highest BCUT2D eigenvalue weighted by atomic mass is 16.2. The van der Waals surface area contributed by atoms with Crippen molar-refractivity contribution in [2.45, 2.75) is 206 Å². The Morgan fingerprint density at radius 2 is 0.913 bits per heavy atom. The molecule has 0 radical (unpaired) electrons. The van der Waals surface area contributed by atoms with Crippen LogP contribution in [0.4, 0.5) is 0 Å². The number of allylic oxidation sites excluding steroid dienone is 2. The van der Waals surface area contributed by atoms with Crippen molar-refractivity contribution >= 4 is 11.8 Å². The van der Waals surface area contributed by atoms with Gasteiger partial charge in [-0.3, -0.25) is 9.59 Å². The molecule has 0 aliphatic carbocycles. The van der Waals surface area contributed by atoms with Crippen LogP contribution in [-0.4, -0.2) is 48.9 Å². The molecule has 6 heteroatoms. The average molecular weight is 651 g/mol. The number of unbranched alkanes of at least 4 members (excludes halogenated alkanes) is 25. The standard InChI is InChI=1S/C40H80N4O2/c1-3-5-7-9-11-13-15-17-19-20-22-24-26-28-30-32-36-44(39(45)37-43-40(46)38(42)33-34-41)35-31-29-27-25-23-21-18-16-14-12-10-8-6-4-2/h17,19,38H,3-16,18,20-37,41-42H2,1-2H3,(H,43,46)/p+2/b19-17+. The molecule has 0 aliphatic rings. The molecule has 0 aromatic heterocycles. The third kappa shape index (κ3) is 31.2. The van der Waals surface area contributed by atoms with Crippen molar-refractivity contribution in [2.24, 2.45) is 0 Å². The SMILES string of the molecule is CCCCCCCC/C=C/CCCCCCCCN(CCCCCCCCCCCCCCCC)C(=O)CNC(=O)C([NH3+])CC[NH3+]. The number of quaternary nitrogens is 2. The van der Waals surface area contributed by atoms with E-state index < -0.39 is 0 Å². The molecule has 2 amide bonds. The fraction of sp³-hybridized carbons (Fsp3) is 0.900. The number of nitrogens with zero attached hydrogens (tertiary/aromatic N) is 1. The maximum absolute atomic E-state index is 13.1. The highest BCUT2D eigenvalue weighted by Crippen LogP contribution is 2.14. The van der Waals surface area contributed by atoms with Crippen molar-refractivity contribution < 1.29 is 21.1 Å². The van der Waals surface area contributed by atoms with Crippen molar-refractivity contribution in [3.05, 3.63) is 12.2 Å². The van der Waals surface area contributed by atoms with E-state index in [1.165, 1.54) is 167 Å². The van der Waals surface area contributed by atoms with E-state index in [4.69, 9.17) is 0 Å². The molecule has 0 aromatic rings. The maximum atomic E-state index is 13.1. The molecule has 0 aliphatic heterocycles. The minimum Gasteiger partial charge on any atom is -0.357 e. The van der Waals surface area contributed by atoms with E-state index in [-0.39, 0.29) is 24.4 Å². The van der Waals surface area contributed by atoms with E-state index >= 15 is 0 Å². The summed E-state index contributed by atoms with van der Waals surface area (Å²) in [6.07, 6.45) is 42.2. The zero-order valence-electron chi connectivity index (χ0n) is 31.2. The van der Waals surface area contributed by atoms with Crippen LogP contribution in [0.15, 0.2) is 12.2 Å². The van der Waals surface area contributed by atoms with Crippen molar-refractivity contribution in [3.63, 3.8) is 0 Å². The molecule has 272 valence electrons. The van der Waals surface area contributed by atoms with E-state index in [0.717, 1.165) is 25.9 Å². The summed E-state index contributed by atoms with van der Waals surface area (Å²) in [7, 11) is 0. The first kappa shape index (κ1) is 44.6. The summed E-state index contributed by atoms with van der Waals surface area (Å²) < 4.78 is 0. The molecule has 0 fully saturated rings. The smallest absolute Gasteiger partial charge is 0.278 e. The predicted molar refractivity (Wildman–Crippen MR) is 198 cm³/mol. The number of amides is 2. The zero-order valence-corrected chi connectivity index (χ0v) is 31.2. The van der Waals surface area contributed by atoms with Gasteiger partial charge in [-0.15, -0.1) is 0 Å². The van der Waals surface area contributed by atoms with Crippen LogP contribution < -0.4 is 16.8 Å². The van der Waals surface area contributed by atoms with Crippen molar-refractivity contribution in [3.8, 4) is 0 Å². The lowest BCUT2D eigenvalue weighted by molar-refractivity contribution is -0.429. The first-order valence-electron chi connectivity index (χ1n) is 20.4.